The summed E-state index contributed by atoms with van der Waals surface area (Å²) in [5.74, 6) is 1.04. The van der Waals surface area contributed by atoms with Crippen molar-refractivity contribution in [2.45, 2.75) is 38.6 Å². The predicted molar refractivity (Wildman–Crippen MR) is 114 cm³/mol. The topological polar surface area (TPSA) is 79.4 Å². The van der Waals surface area contributed by atoms with Gasteiger partial charge in [0, 0.05) is 38.3 Å². The lowest BCUT2D eigenvalue weighted by Gasteiger charge is -2.38. The van der Waals surface area contributed by atoms with Crippen molar-refractivity contribution in [2.24, 2.45) is 5.41 Å². The first kappa shape index (κ1) is 22.8. The smallest absolute Gasteiger partial charge is 0.243 e. The largest absolute Gasteiger partial charge is 0.486 e. The van der Waals surface area contributed by atoms with Gasteiger partial charge in [-0.05, 0) is 31.5 Å². The second kappa shape index (κ2) is 8.72. The molecule has 9 heteroatoms. The first-order chi connectivity index (χ1) is 14.0. The summed E-state index contributed by atoms with van der Waals surface area (Å²) in [6.45, 7) is 11.1. The SMILES string of the molecule is C[C@@H](N(C)CC(=O)N1CCN(S(=O)(=O)c2ccc3c(c2)OCCO3)CC1)C(C)(C)C. The average molecular weight is 440 g/mol. The van der Waals surface area contributed by atoms with Gasteiger partial charge in [-0.25, -0.2) is 8.42 Å². The van der Waals surface area contributed by atoms with Crippen molar-refractivity contribution in [2.75, 3.05) is 53.0 Å². The van der Waals surface area contributed by atoms with Crippen molar-refractivity contribution in [3.63, 3.8) is 0 Å². The molecule has 1 saturated heterocycles. The van der Waals surface area contributed by atoms with Crippen molar-refractivity contribution in [1.82, 2.24) is 14.1 Å². The van der Waals surface area contributed by atoms with Crippen LogP contribution in [0.3, 0.4) is 0 Å². The van der Waals surface area contributed by atoms with E-state index in [2.05, 4.69) is 32.6 Å². The predicted octanol–water partition coefficient (Wildman–Crippen LogP) is 1.66. The number of hydrogen-bond donors (Lipinski definition) is 0. The molecule has 0 unspecified atom stereocenters. The summed E-state index contributed by atoms with van der Waals surface area (Å²) in [6, 6.07) is 4.94. The third kappa shape index (κ3) is 4.90. The number of carbonyl (C=O) groups is 1. The fraction of sp³-hybridized carbons (Fsp3) is 0.667. The Labute approximate surface area is 179 Å². The van der Waals surface area contributed by atoms with Crippen LogP contribution in [0.1, 0.15) is 27.7 Å². The van der Waals surface area contributed by atoms with E-state index in [1.807, 2.05) is 7.05 Å². The Bertz CT molecular complexity index is 873. The Balaban J connectivity index is 1.60. The summed E-state index contributed by atoms with van der Waals surface area (Å²) in [5.41, 5.74) is 0.0748. The molecule has 0 radical (unpaired) electrons. The minimum Gasteiger partial charge on any atom is -0.486 e. The maximum Gasteiger partial charge on any atom is 0.243 e. The van der Waals surface area contributed by atoms with Gasteiger partial charge in [0.05, 0.1) is 11.4 Å². The fourth-order valence-electron chi connectivity index (χ4n) is 3.62. The molecule has 168 valence electrons. The van der Waals surface area contributed by atoms with Crippen LogP contribution < -0.4 is 9.47 Å². The lowest BCUT2D eigenvalue weighted by Crippen LogP contribution is -2.53. The van der Waals surface area contributed by atoms with Crippen molar-refractivity contribution >= 4 is 15.9 Å². The summed E-state index contributed by atoms with van der Waals surface area (Å²) in [4.78, 5) is 16.7. The van der Waals surface area contributed by atoms with Crippen LogP contribution in [0, 0.1) is 5.41 Å². The highest BCUT2D eigenvalue weighted by molar-refractivity contribution is 7.89. The highest BCUT2D eigenvalue weighted by Crippen LogP contribution is 2.33. The van der Waals surface area contributed by atoms with E-state index in [-0.39, 0.29) is 35.3 Å². The molecule has 2 aliphatic rings. The van der Waals surface area contributed by atoms with Crippen molar-refractivity contribution in [3.8, 4) is 11.5 Å². The van der Waals surface area contributed by atoms with E-state index in [0.717, 1.165) is 0 Å². The zero-order valence-corrected chi connectivity index (χ0v) is 19.4. The molecule has 3 rings (SSSR count). The van der Waals surface area contributed by atoms with Crippen LogP contribution in [0.4, 0.5) is 0 Å². The van der Waals surface area contributed by atoms with Crippen molar-refractivity contribution < 1.29 is 22.7 Å². The van der Waals surface area contributed by atoms with Crippen molar-refractivity contribution in [1.29, 1.82) is 0 Å². The van der Waals surface area contributed by atoms with Crippen LogP contribution in [0.5, 0.6) is 11.5 Å². The zero-order valence-electron chi connectivity index (χ0n) is 18.6. The second-order valence-electron chi connectivity index (χ2n) is 9.05. The molecule has 1 atom stereocenters. The van der Waals surface area contributed by atoms with Crippen LogP contribution in [0.15, 0.2) is 23.1 Å². The first-order valence-electron chi connectivity index (χ1n) is 10.4. The maximum absolute atomic E-state index is 13.0. The molecule has 30 heavy (non-hydrogen) atoms. The standard InChI is InChI=1S/C21H33N3O5S/c1-16(21(2,3)4)22(5)15-20(25)23-8-10-24(11-9-23)30(26,27)17-6-7-18-19(14-17)29-13-12-28-18/h6-7,14,16H,8-13,15H2,1-5H3/t16-/m1/s1. The molecule has 2 heterocycles. The zero-order chi connectivity index (χ0) is 22.1. The molecule has 2 aliphatic heterocycles. The molecule has 1 aromatic rings. The number of piperazine rings is 1. The number of benzene rings is 1. The average Bonchev–Trinajstić information content (AvgIpc) is 2.72. The molecule has 1 aromatic carbocycles. The first-order valence-corrected chi connectivity index (χ1v) is 11.8. The molecular weight excluding hydrogens is 406 g/mol. The number of ether oxygens (including phenoxy) is 2. The number of amides is 1. The van der Waals surface area contributed by atoms with Gasteiger partial charge in [-0.3, -0.25) is 9.69 Å². The van der Waals surface area contributed by atoms with E-state index in [0.29, 0.717) is 44.3 Å². The summed E-state index contributed by atoms with van der Waals surface area (Å²) < 4.78 is 38.5. The maximum atomic E-state index is 13.0. The van der Waals surface area contributed by atoms with Gasteiger partial charge in [-0.2, -0.15) is 4.31 Å². The molecule has 1 fully saturated rings. The third-order valence-corrected chi connectivity index (χ3v) is 7.94. The van der Waals surface area contributed by atoms with E-state index in [9.17, 15) is 13.2 Å². The van der Waals surface area contributed by atoms with Gasteiger partial charge in [0.1, 0.15) is 13.2 Å². The Morgan fingerprint density at radius 3 is 2.30 bits per heavy atom. The number of rotatable bonds is 5. The molecule has 0 spiro atoms. The van der Waals surface area contributed by atoms with Gasteiger partial charge < -0.3 is 14.4 Å². The highest BCUT2D eigenvalue weighted by atomic mass is 32.2. The summed E-state index contributed by atoms with van der Waals surface area (Å²) >= 11 is 0. The molecule has 0 aliphatic carbocycles. The molecular formula is C21H33N3O5S. The second-order valence-corrected chi connectivity index (χ2v) is 11.0. The van der Waals surface area contributed by atoms with Crippen LogP contribution in [0.2, 0.25) is 0 Å². The fourth-order valence-corrected chi connectivity index (χ4v) is 5.06. The Morgan fingerprint density at radius 2 is 1.70 bits per heavy atom. The van der Waals surface area contributed by atoms with Gasteiger partial charge in [0.2, 0.25) is 15.9 Å². The Kier molecular flexibility index (Phi) is 6.64. The lowest BCUT2D eigenvalue weighted by atomic mass is 9.87. The van der Waals surface area contributed by atoms with Gasteiger partial charge >= 0.3 is 0 Å². The van der Waals surface area contributed by atoms with Crippen molar-refractivity contribution in [3.05, 3.63) is 18.2 Å². The number of hydrogen-bond acceptors (Lipinski definition) is 6. The summed E-state index contributed by atoms with van der Waals surface area (Å²) in [6.07, 6.45) is 0. The number of fused-ring (bicyclic) bond motifs is 1. The summed E-state index contributed by atoms with van der Waals surface area (Å²) in [5, 5.41) is 0. The van der Waals surface area contributed by atoms with Crippen LogP contribution >= 0.6 is 0 Å². The molecule has 0 N–H and O–H groups in total. The van der Waals surface area contributed by atoms with E-state index in [1.54, 1.807) is 17.0 Å². The van der Waals surface area contributed by atoms with Crippen LogP contribution in [-0.2, 0) is 14.8 Å². The van der Waals surface area contributed by atoms with Gasteiger partial charge in [0.15, 0.2) is 11.5 Å². The molecule has 0 bridgehead atoms. The van der Waals surface area contributed by atoms with E-state index < -0.39 is 10.0 Å². The molecule has 1 amide bonds. The van der Waals surface area contributed by atoms with E-state index in [4.69, 9.17) is 9.47 Å². The normalized spacial score (nSPS) is 19.1. The quantitative estimate of drug-likeness (QED) is 0.694. The molecule has 0 saturated carbocycles. The number of sulfonamides is 1. The Morgan fingerprint density at radius 1 is 1.10 bits per heavy atom. The third-order valence-electron chi connectivity index (χ3n) is 6.04. The van der Waals surface area contributed by atoms with Gasteiger partial charge in [-0.1, -0.05) is 20.8 Å². The van der Waals surface area contributed by atoms with Gasteiger partial charge in [0.25, 0.3) is 0 Å². The highest BCUT2D eigenvalue weighted by Gasteiger charge is 2.32. The minimum absolute atomic E-state index is 0.0324. The monoisotopic (exact) mass is 439 g/mol. The van der Waals surface area contributed by atoms with E-state index >= 15 is 0 Å². The number of carbonyl (C=O) groups excluding carboxylic acids is 1. The van der Waals surface area contributed by atoms with Crippen LogP contribution in [-0.4, -0.2) is 87.5 Å². The number of nitrogens with zero attached hydrogens (tertiary/aromatic N) is 3. The van der Waals surface area contributed by atoms with Crippen LogP contribution in [0.25, 0.3) is 0 Å². The number of likely N-dealkylation sites (N-methyl/N-ethyl adjacent to an activating group) is 1. The Hall–Kier alpha value is -1.84. The molecule has 8 nitrogen and oxygen atoms in total. The summed E-state index contributed by atoms with van der Waals surface area (Å²) in [7, 11) is -1.70. The lowest BCUT2D eigenvalue weighted by molar-refractivity contribution is -0.134. The van der Waals surface area contributed by atoms with E-state index in [1.165, 1.54) is 10.4 Å². The minimum atomic E-state index is -3.65. The molecule has 0 aromatic heterocycles. The van der Waals surface area contributed by atoms with Gasteiger partial charge in [-0.15, -0.1) is 0 Å².